The quantitative estimate of drug-likeness (QED) is 0.655. The Morgan fingerprint density at radius 2 is 1.71 bits per heavy atom. The Bertz CT molecular complexity index is 302. The van der Waals surface area contributed by atoms with Gasteiger partial charge in [0.15, 0.2) is 0 Å². The van der Waals surface area contributed by atoms with Gasteiger partial charge in [-0.1, -0.05) is 38.8 Å². The minimum absolute atomic E-state index is 1.13. The van der Waals surface area contributed by atoms with Crippen LogP contribution < -0.4 is 5.30 Å². The average Bonchev–Trinajstić information content (AvgIpc) is 2.18. The van der Waals surface area contributed by atoms with Gasteiger partial charge in [0, 0.05) is 0 Å². The molecule has 0 spiro atoms. The second-order valence-corrected chi connectivity index (χ2v) is 4.33. The van der Waals surface area contributed by atoms with Crippen molar-refractivity contribution in [1.29, 1.82) is 0 Å². The molecular formula is C13H19P. The highest BCUT2D eigenvalue weighted by Crippen LogP contribution is 2.18. The predicted octanol–water partition coefficient (Wildman–Crippen LogP) is 3.94. The summed E-state index contributed by atoms with van der Waals surface area (Å²) >= 11 is 0. The number of hydrogen-bond donors (Lipinski definition) is 0. The molecule has 2 radical (unpaired) electrons. The molecule has 0 heterocycles. The number of rotatable bonds is 4. The van der Waals surface area contributed by atoms with Crippen LogP contribution in [0.3, 0.4) is 0 Å². The molecule has 1 heteroatoms. The second-order valence-electron chi connectivity index (χ2n) is 3.85. The van der Waals surface area contributed by atoms with Crippen LogP contribution in [0.4, 0.5) is 0 Å². The largest absolute Gasteiger partial charge is 0.0651 e. The lowest BCUT2D eigenvalue weighted by Gasteiger charge is -2.13. The Morgan fingerprint density at radius 3 is 2.29 bits per heavy atom. The molecular weight excluding hydrogens is 187 g/mol. The summed E-state index contributed by atoms with van der Waals surface area (Å²) in [6.45, 7) is 6.66. The van der Waals surface area contributed by atoms with Crippen LogP contribution in [0.2, 0.25) is 0 Å². The van der Waals surface area contributed by atoms with Crippen LogP contribution in [0.1, 0.15) is 43.4 Å². The van der Waals surface area contributed by atoms with Gasteiger partial charge < -0.3 is 0 Å². The van der Waals surface area contributed by atoms with Crippen LogP contribution in [0.5, 0.6) is 0 Å². The van der Waals surface area contributed by atoms with Crippen molar-refractivity contribution in [1.82, 2.24) is 0 Å². The fourth-order valence-electron chi connectivity index (χ4n) is 1.90. The Hall–Kier alpha value is -0.350. The van der Waals surface area contributed by atoms with Gasteiger partial charge in [-0.25, -0.2) is 0 Å². The van der Waals surface area contributed by atoms with Crippen molar-refractivity contribution >= 4 is 14.5 Å². The lowest BCUT2D eigenvalue weighted by molar-refractivity contribution is 0.856. The van der Waals surface area contributed by atoms with E-state index in [-0.39, 0.29) is 0 Å². The third-order valence-electron chi connectivity index (χ3n) is 2.69. The van der Waals surface area contributed by atoms with E-state index >= 15 is 0 Å². The van der Waals surface area contributed by atoms with E-state index in [9.17, 15) is 0 Å². The van der Waals surface area contributed by atoms with Gasteiger partial charge >= 0.3 is 0 Å². The lowest BCUT2D eigenvalue weighted by atomic mass is 9.95. The van der Waals surface area contributed by atoms with E-state index in [1.165, 1.54) is 42.4 Å². The first-order valence-corrected chi connectivity index (χ1v) is 5.95. The summed E-state index contributed by atoms with van der Waals surface area (Å²) < 4.78 is 0. The minimum atomic E-state index is 1.13. The molecule has 0 saturated heterocycles. The highest BCUT2D eigenvalue weighted by atomic mass is 31.0. The molecule has 0 bridgehead atoms. The summed E-state index contributed by atoms with van der Waals surface area (Å²) in [4.78, 5) is 0. The monoisotopic (exact) mass is 206 g/mol. The van der Waals surface area contributed by atoms with Crippen molar-refractivity contribution in [2.45, 2.75) is 46.5 Å². The smallest absolute Gasteiger partial charge is 0.00533 e. The first-order chi connectivity index (χ1) is 6.70. The first-order valence-electron chi connectivity index (χ1n) is 5.51. The summed E-state index contributed by atoms with van der Waals surface area (Å²) in [5, 5.41) is 1.13. The van der Waals surface area contributed by atoms with Crippen molar-refractivity contribution in [3.63, 3.8) is 0 Å². The third-order valence-corrected chi connectivity index (χ3v) is 3.17. The normalized spacial score (nSPS) is 10.6. The zero-order valence-corrected chi connectivity index (χ0v) is 10.3. The molecule has 1 rings (SSSR count). The Balaban J connectivity index is 3.08. The lowest BCUT2D eigenvalue weighted by Crippen LogP contribution is -2.06. The molecule has 0 unspecified atom stereocenters. The molecule has 1 aromatic carbocycles. The number of hydrogen-bond acceptors (Lipinski definition) is 0. The summed E-state index contributed by atoms with van der Waals surface area (Å²) in [5.74, 6) is 0. The van der Waals surface area contributed by atoms with E-state index in [2.05, 4.69) is 42.1 Å². The molecule has 1 aromatic rings. The summed E-state index contributed by atoms with van der Waals surface area (Å²) in [6, 6.07) is 4.37. The SMILES string of the molecule is CCCc1ccc([P])c(C)c1CCC. The first kappa shape index (κ1) is 11.7. The van der Waals surface area contributed by atoms with E-state index < -0.39 is 0 Å². The van der Waals surface area contributed by atoms with E-state index in [4.69, 9.17) is 0 Å². The molecule has 0 N–H and O–H groups in total. The molecule has 0 atom stereocenters. The van der Waals surface area contributed by atoms with Crippen molar-refractivity contribution in [3.05, 3.63) is 28.8 Å². The Labute approximate surface area is 90.3 Å². The Kier molecular flexibility index (Phi) is 4.62. The number of benzene rings is 1. The standard InChI is InChI=1S/C13H19P/c1-4-6-11-8-9-13(14)10(3)12(11)7-5-2/h8-9H,4-7H2,1-3H3. The molecule has 76 valence electrons. The van der Waals surface area contributed by atoms with Crippen LogP contribution in [0, 0.1) is 6.92 Å². The molecule has 0 saturated carbocycles. The van der Waals surface area contributed by atoms with Crippen molar-refractivity contribution in [3.8, 4) is 0 Å². The van der Waals surface area contributed by atoms with Crippen LogP contribution in [-0.4, -0.2) is 0 Å². The van der Waals surface area contributed by atoms with Gasteiger partial charge in [0.25, 0.3) is 0 Å². The summed E-state index contributed by atoms with van der Waals surface area (Å²) in [7, 11) is 4.48. The zero-order valence-electron chi connectivity index (χ0n) is 9.43. The van der Waals surface area contributed by atoms with Gasteiger partial charge in [-0.05, 0) is 51.0 Å². The van der Waals surface area contributed by atoms with E-state index in [0.717, 1.165) is 5.30 Å². The maximum atomic E-state index is 4.48. The van der Waals surface area contributed by atoms with Crippen molar-refractivity contribution < 1.29 is 0 Å². The molecule has 0 nitrogen and oxygen atoms in total. The van der Waals surface area contributed by atoms with Gasteiger partial charge in [-0.2, -0.15) is 0 Å². The molecule has 0 aromatic heterocycles. The fourth-order valence-corrected chi connectivity index (χ4v) is 2.11. The Morgan fingerprint density at radius 1 is 1.07 bits per heavy atom. The van der Waals surface area contributed by atoms with Gasteiger partial charge in [-0.15, -0.1) is 0 Å². The molecule has 0 amide bonds. The van der Waals surface area contributed by atoms with Gasteiger partial charge in [0.05, 0.1) is 0 Å². The number of aryl methyl sites for hydroxylation is 1. The van der Waals surface area contributed by atoms with E-state index in [1.807, 2.05) is 0 Å². The van der Waals surface area contributed by atoms with Crippen LogP contribution in [0.15, 0.2) is 12.1 Å². The molecule has 0 fully saturated rings. The van der Waals surface area contributed by atoms with Crippen LogP contribution in [-0.2, 0) is 12.8 Å². The van der Waals surface area contributed by atoms with Crippen LogP contribution >= 0.6 is 9.24 Å². The maximum absolute atomic E-state index is 4.48. The van der Waals surface area contributed by atoms with E-state index in [1.54, 1.807) is 0 Å². The van der Waals surface area contributed by atoms with Crippen LogP contribution in [0.25, 0.3) is 0 Å². The van der Waals surface area contributed by atoms with Gasteiger partial charge in [0.1, 0.15) is 0 Å². The topological polar surface area (TPSA) is 0 Å². The molecule has 0 aliphatic carbocycles. The van der Waals surface area contributed by atoms with Gasteiger partial charge in [-0.3, -0.25) is 0 Å². The summed E-state index contributed by atoms with van der Waals surface area (Å²) in [5.41, 5.74) is 4.42. The maximum Gasteiger partial charge on any atom is -0.00533 e. The van der Waals surface area contributed by atoms with Gasteiger partial charge in [0.2, 0.25) is 0 Å². The second kappa shape index (κ2) is 5.51. The third kappa shape index (κ3) is 2.58. The predicted molar refractivity (Wildman–Crippen MR) is 65.7 cm³/mol. The highest BCUT2D eigenvalue weighted by Gasteiger charge is 2.06. The highest BCUT2D eigenvalue weighted by molar-refractivity contribution is 7.27. The zero-order chi connectivity index (χ0) is 10.6. The molecule has 14 heavy (non-hydrogen) atoms. The van der Waals surface area contributed by atoms with Crippen molar-refractivity contribution in [2.75, 3.05) is 0 Å². The molecule has 0 aliphatic rings. The molecule has 0 aliphatic heterocycles. The fraction of sp³-hybridized carbons (Fsp3) is 0.538. The van der Waals surface area contributed by atoms with Crippen molar-refractivity contribution in [2.24, 2.45) is 0 Å². The average molecular weight is 206 g/mol. The van der Waals surface area contributed by atoms with E-state index in [0.29, 0.717) is 0 Å². The summed E-state index contributed by atoms with van der Waals surface area (Å²) in [6.07, 6.45) is 4.83. The minimum Gasteiger partial charge on any atom is -0.0651 e.